The Morgan fingerprint density at radius 2 is 1.67 bits per heavy atom. The molecule has 0 atom stereocenters. The first kappa shape index (κ1) is 20.4. The van der Waals surface area contributed by atoms with Crippen LogP contribution in [0.5, 0.6) is 0 Å². The fraction of sp³-hybridized carbons (Fsp3) is 0.611. The smallest absolute Gasteiger partial charge is 0.191 e. The molecule has 0 fully saturated rings. The molecule has 0 bridgehead atoms. The third-order valence-electron chi connectivity index (χ3n) is 3.40. The summed E-state index contributed by atoms with van der Waals surface area (Å²) in [4.78, 5) is 4.16. The zero-order chi connectivity index (χ0) is 17.5. The number of halogens is 1. The standard InChI is InChI=1S/C18H30FN3O2/c1-3-4-12-23-14-15-24-13-11-22-18(20-2)21-10-9-16-5-7-17(19)8-6-16/h5-8H,3-4,9-15H2,1-2H3,(H2,20,21,22). The van der Waals surface area contributed by atoms with E-state index in [-0.39, 0.29) is 5.82 Å². The average molecular weight is 339 g/mol. The van der Waals surface area contributed by atoms with Crippen LogP contribution in [0.4, 0.5) is 4.39 Å². The highest BCUT2D eigenvalue weighted by atomic mass is 19.1. The highest BCUT2D eigenvalue weighted by Gasteiger charge is 1.98. The Hall–Kier alpha value is -1.66. The van der Waals surface area contributed by atoms with Gasteiger partial charge in [0.15, 0.2) is 5.96 Å². The SMILES string of the molecule is CCCCOCCOCCNC(=NC)NCCc1ccc(F)cc1. The molecular weight excluding hydrogens is 309 g/mol. The molecular formula is C18H30FN3O2. The zero-order valence-electron chi connectivity index (χ0n) is 14.8. The molecule has 5 nitrogen and oxygen atoms in total. The first-order valence-corrected chi connectivity index (χ1v) is 8.60. The first-order chi connectivity index (χ1) is 11.8. The van der Waals surface area contributed by atoms with Crippen molar-refractivity contribution in [2.45, 2.75) is 26.2 Å². The Morgan fingerprint density at radius 3 is 2.33 bits per heavy atom. The van der Waals surface area contributed by atoms with E-state index in [4.69, 9.17) is 9.47 Å². The molecule has 0 saturated carbocycles. The fourth-order valence-electron chi connectivity index (χ4n) is 2.01. The molecule has 0 radical (unpaired) electrons. The molecule has 0 aliphatic rings. The summed E-state index contributed by atoms with van der Waals surface area (Å²) in [5, 5.41) is 6.41. The normalized spacial score (nSPS) is 11.5. The monoisotopic (exact) mass is 339 g/mol. The lowest BCUT2D eigenvalue weighted by atomic mass is 10.1. The van der Waals surface area contributed by atoms with Crippen molar-refractivity contribution in [3.05, 3.63) is 35.6 Å². The van der Waals surface area contributed by atoms with Crippen LogP contribution >= 0.6 is 0 Å². The third kappa shape index (κ3) is 10.2. The average Bonchev–Trinajstić information content (AvgIpc) is 2.60. The van der Waals surface area contributed by atoms with Crippen LogP contribution in [0.15, 0.2) is 29.3 Å². The van der Waals surface area contributed by atoms with E-state index in [2.05, 4.69) is 22.5 Å². The van der Waals surface area contributed by atoms with Gasteiger partial charge in [-0.2, -0.15) is 0 Å². The molecule has 0 heterocycles. The predicted octanol–water partition coefficient (Wildman–Crippen LogP) is 2.37. The van der Waals surface area contributed by atoms with Gasteiger partial charge in [0, 0.05) is 26.7 Å². The molecule has 6 heteroatoms. The number of guanidine groups is 1. The Labute approximate surface area is 144 Å². The van der Waals surface area contributed by atoms with E-state index in [0.29, 0.717) is 26.4 Å². The molecule has 0 aliphatic carbocycles. The summed E-state index contributed by atoms with van der Waals surface area (Å²) in [6, 6.07) is 6.55. The number of benzene rings is 1. The number of hydrogen-bond acceptors (Lipinski definition) is 3. The molecule has 1 rings (SSSR count). The molecule has 24 heavy (non-hydrogen) atoms. The van der Waals surface area contributed by atoms with E-state index in [1.807, 2.05) is 0 Å². The van der Waals surface area contributed by atoms with Crippen LogP contribution in [-0.4, -0.2) is 52.5 Å². The minimum atomic E-state index is -0.208. The number of ether oxygens (including phenoxy) is 2. The highest BCUT2D eigenvalue weighted by Crippen LogP contribution is 2.02. The number of rotatable bonds is 12. The van der Waals surface area contributed by atoms with Crippen LogP contribution in [-0.2, 0) is 15.9 Å². The molecule has 0 amide bonds. The lowest BCUT2D eigenvalue weighted by molar-refractivity contribution is 0.0487. The molecule has 1 aromatic carbocycles. The second-order valence-electron chi connectivity index (χ2n) is 5.38. The van der Waals surface area contributed by atoms with Crippen molar-refractivity contribution in [1.82, 2.24) is 10.6 Å². The van der Waals surface area contributed by atoms with Crippen LogP contribution in [0.25, 0.3) is 0 Å². The number of nitrogens with one attached hydrogen (secondary N) is 2. The van der Waals surface area contributed by atoms with Gasteiger partial charge < -0.3 is 20.1 Å². The number of hydrogen-bond donors (Lipinski definition) is 2. The molecule has 2 N–H and O–H groups in total. The van der Waals surface area contributed by atoms with Crippen molar-refractivity contribution in [3.63, 3.8) is 0 Å². The molecule has 136 valence electrons. The summed E-state index contributed by atoms with van der Waals surface area (Å²) < 4.78 is 23.7. The predicted molar refractivity (Wildman–Crippen MR) is 96.0 cm³/mol. The van der Waals surface area contributed by atoms with E-state index in [1.54, 1.807) is 19.2 Å². The van der Waals surface area contributed by atoms with Gasteiger partial charge in [-0.25, -0.2) is 4.39 Å². The minimum absolute atomic E-state index is 0.208. The van der Waals surface area contributed by atoms with Crippen LogP contribution in [0.2, 0.25) is 0 Å². The summed E-state index contributed by atoms with van der Waals surface area (Å²) >= 11 is 0. The summed E-state index contributed by atoms with van der Waals surface area (Å²) in [6.07, 6.45) is 3.06. The third-order valence-corrected chi connectivity index (χ3v) is 3.40. The summed E-state index contributed by atoms with van der Waals surface area (Å²) in [6.45, 7) is 6.24. The maximum Gasteiger partial charge on any atom is 0.191 e. The van der Waals surface area contributed by atoms with Crippen LogP contribution in [0, 0.1) is 5.82 Å². The van der Waals surface area contributed by atoms with Crippen molar-refractivity contribution in [2.75, 3.05) is 46.6 Å². The Morgan fingerprint density at radius 1 is 1.00 bits per heavy atom. The molecule has 0 aromatic heterocycles. The maximum atomic E-state index is 12.8. The molecule has 0 saturated heterocycles. The van der Waals surface area contributed by atoms with Gasteiger partial charge in [0.25, 0.3) is 0 Å². The van der Waals surface area contributed by atoms with E-state index < -0.39 is 0 Å². The fourth-order valence-corrected chi connectivity index (χ4v) is 2.01. The molecule has 0 spiro atoms. The van der Waals surface area contributed by atoms with Crippen molar-refractivity contribution in [1.29, 1.82) is 0 Å². The highest BCUT2D eigenvalue weighted by molar-refractivity contribution is 5.79. The van der Waals surface area contributed by atoms with Crippen molar-refractivity contribution in [2.24, 2.45) is 4.99 Å². The lowest BCUT2D eigenvalue weighted by Gasteiger charge is -2.12. The Balaban J connectivity index is 2.01. The second kappa shape index (κ2) is 13.7. The molecule has 0 unspecified atom stereocenters. The van der Waals surface area contributed by atoms with Gasteiger partial charge in [-0.05, 0) is 30.5 Å². The molecule has 0 aliphatic heterocycles. The van der Waals surface area contributed by atoms with E-state index >= 15 is 0 Å². The number of aliphatic imine (C=N–C) groups is 1. The van der Waals surface area contributed by atoms with Gasteiger partial charge in [0.2, 0.25) is 0 Å². The van der Waals surface area contributed by atoms with Crippen LogP contribution in [0.3, 0.4) is 0 Å². The lowest BCUT2D eigenvalue weighted by Crippen LogP contribution is -2.39. The first-order valence-electron chi connectivity index (χ1n) is 8.60. The van der Waals surface area contributed by atoms with Gasteiger partial charge in [0.05, 0.1) is 19.8 Å². The summed E-state index contributed by atoms with van der Waals surface area (Å²) in [7, 11) is 1.73. The van der Waals surface area contributed by atoms with E-state index in [9.17, 15) is 4.39 Å². The van der Waals surface area contributed by atoms with Gasteiger partial charge >= 0.3 is 0 Å². The van der Waals surface area contributed by atoms with Crippen LogP contribution in [0.1, 0.15) is 25.3 Å². The van der Waals surface area contributed by atoms with Crippen molar-refractivity contribution in [3.8, 4) is 0 Å². The van der Waals surface area contributed by atoms with Crippen LogP contribution < -0.4 is 10.6 Å². The molecule has 1 aromatic rings. The van der Waals surface area contributed by atoms with E-state index in [1.165, 1.54) is 12.1 Å². The van der Waals surface area contributed by atoms with Gasteiger partial charge in [-0.15, -0.1) is 0 Å². The van der Waals surface area contributed by atoms with Gasteiger partial charge in [-0.1, -0.05) is 25.5 Å². The summed E-state index contributed by atoms with van der Waals surface area (Å²) in [5.41, 5.74) is 1.09. The Kier molecular flexibility index (Phi) is 11.7. The largest absolute Gasteiger partial charge is 0.379 e. The van der Waals surface area contributed by atoms with Gasteiger partial charge in [-0.3, -0.25) is 4.99 Å². The summed E-state index contributed by atoms with van der Waals surface area (Å²) in [5.74, 6) is 0.528. The van der Waals surface area contributed by atoms with Crippen molar-refractivity contribution >= 4 is 5.96 Å². The maximum absolute atomic E-state index is 12.8. The topological polar surface area (TPSA) is 54.9 Å². The number of nitrogens with zero attached hydrogens (tertiary/aromatic N) is 1. The Bertz CT molecular complexity index is 452. The second-order valence-corrected chi connectivity index (χ2v) is 5.38. The van der Waals surface area contributed by atoms with Crippen molar-refractivity contribution < 1.29 is 13.9 Å². The van der Waals surface area contributed by atoms with E-state index in [0.717, 1.165) is 43.9 Å². The quantitative estimate of drug-likeness (QED) is 0.349. The number of unbranched alkanes of at least 4 members (excludes halogenated alkanes) is 1. The zero-order valence-corrected chi connectivity index (χ0v) is 14.8. The van der Waals surface area contributed by atoms with Gasteiger partial charge in [0.1, 0.15) is 5.82 Å². The minimum Gasteiger partial charge on any atom is -0.379 e.